The highest BCUT2D eigenvalue weighted by atomic mass is 32.1. The molecule has 9 aromatic carbocycles. The molecular formula is C50H29NO2S. The number of rotatable bonds is 4. The van der Waals surface area contributed by atoms with Gasteiger partial charge < -0.3 is 13.7 Å². The first kappa shape index (κ1) is 29.7. The lowest BCUT2D eigenvalue weighted by molar-refractivity contribution is 0.672. The average molecular weight is 708 g/mol. The summed E-state index contributed by atoms with van der Waals surface area (Å²) < 4.78 is 16.0. The highest BCUT2D eigenvalue weighted by Crippen LogP contribution is 2.47. The van der Waals surface area contributed by atoms with Gasteiger partial charge in [0.05, 0.1) is 5.69 Å². The number of fused-ring (bicyclic) bond motifs is 13. The normalized spacial score (nSPS) is 12.1. The number of furan rings is 2. The molecule has 0 aliphatic heterocycles. The van der Waals surface area contributed by atoms with Gasteiger partial charge >= 0.3 is 0 Å². The smallest absolute Gasteiger partial charge is 0.143 e. The first-order chi connectivity index (χ1) is 26.8. The highest BCUT2D eigenvalue weighted by molar-refractivity contribution is 7.26. The Morgan fingerprint density at radius 2 is 0.981 bits per heavy atom. The van der Waals surface area contributed by atoms with Crippen LogP contribution in [0, 0.1) is 0 Å². The van der Waals surface area contributed by atoms with Crippen molar-refractivity contribution < 1.29 is 8.83 Å². The van der Waals surface area contributed by atoms with E-state index in [0.717, 1.165) is 82.8 Å². The zero-order valence-corrected chi connectivity index (χ0v) is 29.7. The van der Waals surface area contributed by atoms with Crippen molar-refractivity contribution in [2.45, 2.75) is 0 Å². The van der Waals surface area contributed by atoms with Gasteiger partial charge in [-0.1, -0.05) is 115 Å². The Bertz CT molecular complexity index is 3460. The minimum Gasteiger partial charge on any atom is -0.455 e. The van der Waals surface area contributed by atoms with E-state index in [2.05, 4.69) is 181 Å². The van der Waals surface area contributed by atoms with Crippen molar-refractivity contribution in [1.82, 2.24) is 0 Å². The van der Waals surface area contributed by atoms with Gasteiger partial charge in [0, 0.05) is 75.5 Å². The van der Waals surface area contributed by atoms with E-state index in [1.165, 1.54) is 30.9 Å². The number of para-hydroxylation sites is 1. The van der Waals surface area contributed by atoms with E-state index in [9.17, 15) is 0 Å². The maximum atomic E-state index is 6.72. The largest absolute Gasteiger partial charge is 0.455 e. The molecule has 0 unspecified atom stereocenters. The Morgan fingerprint density at radius 1 is 0.389 bits per heavy atom. The van der Waals surface area contributed by atoms with Gasteiger partial charge in [0.1, 0.15) is 22.3 Å². The Balaban J connectivity index is 1.05. The standard InChI is InChI=1S/C50H29NO2S/c1-3-11-35-30(9-1)21-26-40-38-28-25-34(29-44(38)52-48(35)40)51(43-16-8-18-46-47(43)42-13-5-6-17-45(42)54-46)33-23-19-32(20-24-33)37-14-7-15-39-41-27-22-31-10-2-4-12-36(31)50(41)53-49(37)39/h1-29H. The van der Waals surface area contributed by atoms with Crippen molar-refractivity contribution in [3.63, 3.8) is 0 Å². The zero-order valence-electron chi connectivity index (χ0n) is 28.9. The van der Waals surface area contributed by atoms with Crippen LogP contribution in [0.15, 0.2) is 185 Å². The molecule has 0 amide bonds. The molecular weight excluding hydrogens is 679 g/mol. The van der Waals surface area contributed by atoms with Gasteiger partial charge in [-0.15, -0.1) is 11.3 Å². The summed E-state index contributed by atoms with van der Waals surface area (Å²) in [5.41, 5.74) is 9.04. The second-order valence-electron chi connectivity index (χ2n) is 14.0. The van der Waals surface area contributed by atoms with Gasteiger partial charge in [-0.25, -0.2) is 0 Å². The number of benzene rings is 9. The maximum Gasteiger partial charge on any atom is 0.143 e. The third-order valence-corrected chi connectivity index (χ3v) is 12.2. The lowest BCUT2D eigenvalue weighted by Gasteiger charge is -2.26. The van der Waals surface area contributed by atoms with Crippen LogP contribution >= 0.6 is 11.3 Å². The van der Waals surface area contributed by atoms with E-state index < -0.39 is 0 Å². The number of hydrogen-bond donors (Lipinski definition) is 0. The minimum atomic E-state index is 0.868. The van der Waals surface area contributed by atoms with Crippen LogP contribution in [-0.2, 0) is 0 Å². The molecule has 0 atom stereocenters. The zero-order chi connectivity index (χ0) is 35.3. The molecule has 12 aromatic rings. The molecule has 4 heteroatoms. The van der Waals surface area contributed by atoms with E-state index in [0.29, 0.717) is 0 Å². The van der Waals surface area contributed by atoms with Gasteiger partial charge in [0.15, 0.2) is 0 Å². The molecule has 3 aromatic heterocycles. The van der Waals surface area contributed by atoms with E-state index in [-0.39, 0.29) is 0 Å². The van der Waals surface area contributed by atoms with E-state index in [1.54, 1.807) is 0 Å². The second kappa shape index (κ2) is 11.3. The molecule has 0 N–H and O–H groups in total. The molecule has 0 radical (unpaired) electrons. The van der Waals surface area contributed by atoms with Gasteiger partial charge in [-0.2, -0.15) is 0 Å². The molecule has 0 aliphatic carbocycles. The molecule has 3 nitrogen and oxygen atoms in total. The topological polar surface area (TPSA) is 29.5 Å². The third kappa shape index (κ3) is 4.29. The van der Waals surface area contributed by atoms with Crippen molar-refractivity contribution in [2.24, 2.45) is 0 Å². The van der Waals surface area contributed by atoms with Gasteiger partial charge in [-0.05, 0) is 70.9 Å². The lowest BCUT2D eigenvalue weighted by atomic mass is 10.0. The summed E-state index contributed by atoms with van der Waals surface area (Å²) in [7, 11) is 0. The van der Waals surface area contributed by atoms with Crippen molar-refractivity contribution >= 4 is 114 Å². The van der Waals surface area contributed by atoms with Crippen molar-refractivity contribution in [1.29, 1.82) is 0 Å². The Hall–Kier alpha value is -6.88. The molecule has 0 saturated carbocycles. The van der Waals surface area contributed by atoms with Gasteiger partial charge in [-0.3, -0.25) is 0 Å². The van der Waals surface area contributed by atoms with Crippen LogP contribution in [0.3, 0.4) is 0 Å². The Labute approximate surface area is 313 Å². The van der Waals surface area contributed by atoms with Crippen molar-refractivity contribution in [3.05, 3.63) is 176 Å². The van der Waals surface area contributed by atoms with Crippen LogP contribution in [0.25, 0.3) is 96.7 Å². The number of anilines is 3. The first-order valence-electron chi connectivity index (χ1n) is 18.2. The molecule has 0 fully saturated rings. The van der Waals surface area contributed by atoms with Crippen LogP contribution in [-0.4, -0.2) is 0 Å². The monoisotopic (exact) mass is 707 g/mol. The van der Waals surface area contributed by atoms with Gasteiger partial charge in [0.25, 0.3) is 0 Å². The Morgan fingerprint density at radius 3 is 1.78 bits per heavy atom. The summed E-state index contributed by atoms with van der Waals surface area (Å²) in [6, 6.07) is 63.0. The fraction of sp³-hybridized carbons (Fsp3) is 0. The quantitative estimate of drug-likeness (QED) is 0.182. The van der Waals surface area contributed by atoms with E-state index in [4.69, 9.17) is 8.83 Å². The van der Waals surface area contributed by atoms with E-state index in [1.807, 2.05) is 11.3 Å². The molecule has 0 saturated heterocycles. The van der Waals surface area contributed by atoms with Crippen molar-refractivity contribution in [2.75, 3.05) is 4.90 Å². The summed E-state index contributed by atoms with van der Waals surface area (Å²) in [6.45, 7) is 0. The highest BCUT2D eigenvalue weighted by Gasteiger charge is 2.21. The van der Waals surface area contributed by atoms with Crippen LogP contribution in [0.4, 0.5) is 17.1 Å². The molecule has 0 bridgehead atoms. The minimum absolute atomic E-state index is 0.868. The maximum absolute atomic E-state index is 6.72. The average Bonchev–Trinajstić information content (AvgIpc) is 3.93. The summed E-state index contributed by atoms with van der Waals surface area (Å²) in [5.74, 6) is 0. The first-order valence-corrected chi connectivity index (χ1v) is 19.1. The summed E-state index contributed by atoms with van der Waals surface area (Å²) in [5, 5.41) is 11.6. The number of thiophene rings is 1. The summed E-state index contributed by atoms with van der Waals surface area (Å²) in [4.78, 5) is 2.38. The second-order valence-corrected chi connectivity index (χ2v) is 15.1. The predicted molar refractivity (Wildman–Crippen MR) is 229 cm³/mol. The Kier molecular flexibility index (Phi) is 6.21. The lowest BCUT2D eigenvalue weighted by Crippen LogP contribution is -2.10. The van der Waals surface area contributed by atoms with Crippen LogP contribution in [0.1, 0.15) is 0 Å². The molecule has 0 spiro atoms. The number of hydrogen-bond acceptors (Lipinski definition) is 4. The molecule has 0 aliphatic rings. The summed E-state index contributed by atoms with van der Waals surface area (Å²) >= 11 is 1.84. The van der Waals surface area contributed by atoms with Crippen LogP contribution in [0.5, 0.6) is 0 Å². The molecule has 252 valence electrons. The molecule has 54 heavy (non-hydrogen) atoms. The SMILES string of the molecule is c1ccc2c(c1)ccc1c3ccc(N(c4ccc(-c5cccc6c5oc5c7ccccc7ccc65)cc4)c4cccc5sc6ccccc6c45)cc3oc21. The van der Waals surface area contributed by atoms with Crippen molar-refractivity contribution in [3.8, 4) is 11.1 Å². The van der Waals surface area contributed by atoms with E-state index >= 15 is 0 Å². The molecule has 3 heterocycles. The third-order valence-electron chi connectivity index (χ3n) is 11.1. The molecule has 12 rings (SSSR count). The van der Waals surface area contributed by atoms with Crippen LogP contribution < -0.4 is 4.90 Å². The number of nitrogens with zero attached hydrogens (tertiary/aromatic N) is 1. The van der Waals surface area contributed by atoms with Crippen LogP contribution in [0.2, 0.25) is 0 Å². The predicted octanol–water partition coefficient (Wildman–Crippen LogP) is 15.3. The fourth-order valence-corrected chi connectivity index (χ4v) is 9.67. The summed E-state index contributed by atoms with van der Waals surface area (Å²) in [6.07, 6.45) is 0. The fourth-order valence-electron chi connectivity index (χ4n) is 8.55. The van der Waals surface area contributed by atoms with Gasteiger partial charge in [0.2, 0.25) is 0 Å².